The zero-order chi connectivity index (χ0) is 19.8. The number of nitrogens with one attached hydrogen (secondary N) is 2. The van der Waals surface area contributed by atoms with E-state index >= 15 is 0 Å². The lowest BCUT2D eigenvalue weighted by molar-refractivity contribution is -0.134. The number of hydrogen-bond donors (Lipinski definition) is 3. The molecule has 8 nitrogen and oxygen atoms in total. The van der Waals surface area contributed by atoms with Crippen molar-refractivity contribution in [2.24, 2.45) is 11.8 Å². The Morgan fingerprint density at radius 1 is 1.41 bits per heavy atom. The Bertz CT molecular complexity index is 951. The number of nitrogens with zero attached hydrogens (tertiary/aromatic N) is 1. The molecule has 0 aliphatic carbocycles. The lowest BCUT2D eigenvalue weighted by Crippen LogP contribution is -2.43. The van der Waals surface area contributed by atoms with Crippen molar-refractivity contribution < 1.29 is 23.2 Å². The third-order valence-corrected chi connectivity index (χ3v) is 7.06. The largest absolute Gasteiger partial charge is 0.497 e. The Hall–Kier alpha value is -2.10. The third kappa shape index (κ3) is 3.80. The number of hydrogen-bond acceptors (Lipinski definition) is 5. The highest BCUT2D eigenvalue weighted by molar-refractivity contribution is 7.89. The second kappa shape index (κ2) is 7.49. The number of amides is 1. The van der Waals surface area contributed by atoms with E-state index in [1.807, 2.05) is 18.2 Å². The summed E-state index contributed by atoms with van der Waals surface area (Å²) in [6, 6.07) is 5.74. The summed E-state index contributed by atoms with van der Waals surface area (Å²) in [7, 11) is -2.05. The molecule has 27 heavy (non-hydrogen) atoms. The number of carbonyl (C=O) groups is 1. The van der Waals surface area contributed by atoms with E-state index in [9.17, 15) is 13.2 Å². The molecule has 3 rings (SSSR count). The van der Waals surface area contributed by atoms with E-state index in [4.69, 9.17) is 9.94 Å². The van der Waals surface area contributed by atoms with Gasteiger partial charge in [0.1, 0.15) is 5.75 Å². The van der Waals surface area contributed by atoms with E-state index in [1.165, 1.54) is 4.31 Å². The monoisotopic (exact) mass is 395 g/mol. The number of benzene rings is 1. The van der Waals surface area contributed by atoms with Crippen LogP contribution in [0.5, 0.6) is 5.75 Å². The Morgan fingerprint density at radius 2 is 2.15 bits per heavy atom. The zero-order valence-electron chi connectivity index (χ0n) is 15.7. The SMILES string of the molecule is COc1ccc2[nH]c3c(c2c1)CCN(S(=O)(=O)CC(C(=O)NO)C(C)C)C3. The minimum absolute atomic E-state index is 0.215. The summed E-state index contributed by atoms with van der Waals surface area (Å²) < 4.78 is 32.4. The molecule has 3 N–H and O–H groups in total. The van der Waals surface area contributed by atoms with Gasteiger partial charge in [-0.25, -0.2) is 13.9 Å². The number of ether oxygens (including phenoxy) is 1. The predicted octanol–water partition coefficient (Wildman–Crippen LogP) is 1.64. The van der Waals surface area contributed by atoms with Crippen molar-refractivity contribution in [1.82, 2.24) is 14.8 Å². The molecule has 0 bridgehead atoms. The summed E-state index contributed by atoms with van der Waals surface area (Å²) in [6.45, 7) is 4.11. The van der Waals surface area contributed by atoms with Crippen molar-refractivity contribution in [3.63, 3.8) is 0 Å². The number of aromatic nitrogens is 1. The van der Waals surface area contributed by atoms with E-state index in [0.717, 1.165) is 27.9 Å². The van der Waals surface area contributed by atoms with Gasteiger partial charge in [-0.1, -0.05) is 13.8 Å². The number of carbonyl (C=O) groups excluding carboxylic acids is 1. The summed E-state index contributed by atoms with van der Waals surface area (Å²) in [6.07, 6.45) is 0.584. The number of rotatable bonds is 6. The van der Waals surface area contributed by atoms with Crippen LogP contribution in [-0.2, 0) is 27.8 Å². The molecule has 1 amide bonds. The molecule has 2 heterocycles. The third-order valence-electron chi connectivity index (χ3n) is 5.18. The van der Waals surface area contributed by atoms with Crippen LogP contribution >= 0.6 is 0 Å². The fourth-order valence-electron chi connectivity index (χ4n) is 3.55. The number of sulfonamides is 1. The van der Waals surface area contributed by atoms with Crippen molar-refractivity contribution >= 4 is 26.8 Å². The molecule has 1 atom stereocenters. The maximum absolute atomic E-state index is 12.9. The van der Waals surface area contributed by atoms with Crippen LogP contribution in [0.4, 0.5) is 0 Å². The van der Waals surface area contributed by atoms with Gasteiger partial charge in [0, 0.05) is 23.1 Å². The van der Waals surface area contributed by atoms with Gasteiger partial charge in [-0.3, -0.25) is 10.0 Å². The predicted molar refractivity (Wildman–Crippen MR) is 101 cm³/mol. The van der Waals surface area contributed by atoms with Gasteiger partial charge in [0.05, 0.1) is 25.3 Å². The van der Waals surface area contributed by atoms with Crippen LogP contribution in [0, 0.1) is 11.8 Å². The average Bonchev–Trinajstić information content (AvgIpc) is 3.02. The summed E-state index contributed by atoms with van der Waals surface area (Å²) in [5.74, 6) is -1.28. The maximum Gasteiger partial charge on any atom is 0.247 e. The van der Waals surface area contributed by atoms with Crippen LogP contribution in [0.3, 0.4) is 0 Å². The fraction of sp³-hybridized carbons (Fsp3) is 0.500. The molecule has 0 saturated heterocycles. The first-order valence-electron chi connectivity index (χ1n) is 8.86. The van der Waals surface area contributed by atoms with Crippen molar-refractivity contribution in [1.29, 1.82) is 0 Å². The molecule has 1 aliphatic heterocycles. The number of methoxy groups -OCH3 is 1. The highest BCUT2D eigenvalue weighted by Gasteiger charge is 2.34. The first-order valence-corrected chi connectivity index (χ1v) is 10.5. The van der Waals surface area contributed by atoms with Crippen LogP contribution in [0.1, 0.15) is 25.1 Å². The number of fused-ring (bicyclic) bond motifs is 3. The van der Waals surface area contributed by atoms with Gasteiger partial charge in [0.25, 0.3) is 0 Å². The first kappa shape index (κ1) is 19.7. The molecule has 0 radical (unpaired) electrons. The molecule has 0 fully saturated rings. The van der Waals surface area contributed by atoms with Gasteiger partial charge in [-0.15, -0.1) is 0 Å². The Kier molecular flexibility index (Phi) is 5.45. The Balaban J connectivity index is 1.85. The first-order chi connectivity index (χ1) is 12.8. The summed E-state index contributed by atoms with van der Waals surface area (Å²) in [4.78, 5) is 15.1. The van der Waals surface area contributed by atoms with E-state index in [-0.39, 0.29) is 18.2 Å². The molecule has 1 aromatic heterocycles. The molecule has 1 aromatic carbocycles. The average molecular weight is 395 g/mol. The van der Waals surface area contributed by atoms with Gasteiger partial charge in [-0.05, 0) is 36.1 Å². The quantitative estimate of drug-likeness (QED) is 0.509. The summed E-state index contributed by atoms with van der Waals surface area (Å²) in [5, 5.41) is 9.93. The van der Waals surface area contributed by atoms with E-state index in [0.29, 0.717) is 13.0 Å². The standard InChI is InChI=1S/C18H25N3O5S/c1-11(2)15(18(22)20-23)10-27(24,25)21-7-6-13-14-8-12(26-3)4-5-16(14)19-17(13)9-21/h4-5,8,11,15,19,23H,6-7,9-10H2,1-3H3,(H,20,22). The molecule has 1 aliphatic rings. The van der Waals surface area contributed by atoms with Crippen molar-refractivity contribution in [2.75, 3.05) is 19.4 Å². The van der Waals surface area contributed by atoms with Crippen LogP contribution in [0.2, 0.25) is 0 Å². The minimum atomic E-state index is -3.66. The number of aromatic amines is 1. The van der Waals surface area contributed by atoms with Gasteiger partial charge >= 0.3 is 0 Å². The topological polar surface area (TPSA) is 112 Å². The minimum Gasteiger partial charge on any atom is -0.497 e. The molecular formula is C18H25N3O5S. The number of hydroxylamine groups is 1. The maximum atomic E-state index is 12.9. The Labute approximate surface area is 158 Å². The fourth-order valence-corrected chi connectivity index (χ4v) is 5.44. The number of H-pyrrole nitrogens is 1. The van der Waals surface area contributed by atoms with Crippen molar-refractivity contribution in [2.45, 2.75) is 26.8 Å². The van der Waals surface area contributed by atoms with Crippen LogP contribution in [0.25, 0.3) is 10.9 Å². The lowest BCUT2D eigenvalue weighted by atomic mass is 9.97. The van der Waals surface area contributed by atoms with Gasteiger partial charge in [-0.2, -0.15) is 4.31 Å². The molecule has 148 valence electrons. The second-order valence-electron chi connectivity index (χ2n) is 7.18. The Morgan fingerprint density at radius 3 is 2.78 bits per heavy atom. The van der Waals surface area contributed by atoms with Gasteiger partial charge in [0.2, 0.25) is 15.9 Å². The van der Waals surface area contributed by atoms with Gasteiger partial charge < -0.3 is 9.72 Å². The zero-order valence-corrected chi connectivity index (χ0v) is 16.5. The van der Waals surface area contributed by atoms with Crippen LogP contribution in [-0.4, -0.2) is 48.2 Å². The van der Waals surface area contributed by atoms with Crippen molar-refractivity contribution in [3.8, 4) is 5.75 Å². The van der Waals surface area contributed by atoms with Crippen LogP contribution in [0.15, 0.2) is 18.2 Å². The molecule has 0 saturated carbocycles. The second-order valence-corrected chi connectivity index (χ2v) is 9.20. The smallest absolute Gasteiger partial charge is 0.247 e. The van der Waals surface area contributed by atoms with Crippen LogP contribution < -0.4 is 10.2 Å². The molecule has 9 heteroatoms. The van der Waals surface area contributed by atoms with Crippen molar-refractivity contribution in [3.05, 3.63) is 29.5 Å². The normalized spacial score (nSPS) is 16.3. The summed E-state index contributed by atoms with van der Waals surface area (Å²) >= 11 is 0. The van der Waals surface area contributed by atoms with E-state index < -0.39 is 21.8 Å². The lowest BCUT2D eigenvalue weighted by Gasteiger charge is -2.28. The van der Waals surface area contributed by atoms with E-state index in [1.54, 1.807) is 26.4 Å². The summed E-state index contributed by atoms with van der Waals surface area (Å²) in [5.41, 5.74) is 4.48. The molecular weight excluding hydrogens is 370 g/mol. The van der Waals surface area contributed by atoms with Gasteiger partial charge in [0.15, 0.2) is 0 Å². The molecule has 1 unspecified atom stereocenters. The molecule has 0 spiro atoms. The highest BCUT2D eigenvalue weighted by atomic mass is 32.2. The van der Waals surface area contributed by atoms with E-state index in [2.05, 4.69) is 4.98 Å². The highest BCUT2D eigenvalue weighted by Crippen LogP contribution is 2.31. The molecule has 2 aromatic rings.